The molecule has 1 aliphatic carbocycles. The Bertz CT molecular complexity index is 1110. The monoisotopic (exact) mass is 474 g/mol. The summed E-state index contributed by atoms with van der Waals surface area (Å²) in [6.07, 6.45) is 3.17. The standard InChI is InChI=1S/C29H30O6/c1-33-27(29(31)32)19-20-11-15-23(16-12-20)34-25-9-5-6-10-26(25)35-24-17-13-22(14-18-24)28(30)21-7-3-2-4-8-21/h2-4,7-8,11-18,25-27H,5-6,9-10,19H2,1H3,(H,31,32)/t25?,26?,27-/m0/s1. The molecule has 3 atom stereocenters. The van der Waals surface area contributed by atoms with Crippen molar-refractivity contribution < 1.29 is 28.9 Å². The second kappa shape index (κ2) is 11.7. The fourth-order valence-electron chi connectivity index (χ4n) is 4.31. The lowest BCUT2D eigenvalue weighted by atomic mass is 9.94. The molecule has 0 amide bonds. The summed E-state index contributed by atoms with van der Waals surface area (Å²) in [5, 5.41) is 9.17. The van der Waals surface area contributed by atoms with Gasteiger partial charge < -0.3 is 19.3 Å². The van der Waals surface area contributed by atoms with Gasteiger partial charge in [-0.3, -0.25) is 4.79 Å². The molecule has 1 N–H and O–H groups in total. The Morgan fingerprint density at radius 3 is 1.83 bits per heavy atom. The van der Waals surface area contributed by atoms with Crippen LogP contribution in [-0.2, 0) is 16.0 Å². The van der Waals surface area contributed by atoms with Crippen LogP contribution in [-0.4, -0.2) is 42.3 Å². The molecule has 1 fully saturated rings. The normalized spacial score (nSPS) is 18.4. The highest BCUT2D eigenvalue weighted by Gasteiger charge is 2.29. The Morgan fingerprint density at radius 2 is 1.31 bits per heavy atom. The number of hydrogen-bond donors (Lipinski definition) is 1. The van der Waals surface area contributed by atoms with E-state index in [1.165, 1.54) is 7.11 Å². The third kappa shape index (κ3) is 6.49. The number of carbonyl (C=O) groups excluding carboxylic acids is 1. The smallest absolute Gasteiger partial charge is 0.333 e. The second-order valence-electron chi connectivity index (χ2n) is 8.73. The lowest BCUT2D eigenvalue weighted by Gasteiger charge is -2.32. The molecule has 35 heavy (non-hydrogen) atoms. The number of carboxylic acid groups (broad SMARTS) is 1. The van der Waals surface area contributed by atoms with Gasteiger partial charge in [-0.05, 0) is 67.6 Å². The molecule has 6 heteroatoms. The fourth-order valence-corrected chi connectivity index (χ4v) is 4.31. The summed E-state index contributed by atoms with van der Waals surface area (Å²) in [5.74, 6) is 0.444. The van der Waals surface area contributed by atoms with Crippen LogP contribution in [0.15, 0.2) is 78.9 Å². The van der Waals surface area contributed by atoms with Crippen LogP contribution in [0.2, 0.25) is 0 Å². The van der Waals surface area contributed by atoms with E-state index in [2.05, 4.69) is 0 Å². The Hall–Kier alpha value is -3.64. The zero-order valence-electron chi connectivity index (χ0n) is 19.8. The van der Waals surface area contributed by atoms with Crippen molar-refractivity contribution in [2.45, 2.75) is 50.4 Å². The molecule has 0 radical (unpaired) electrons. The van der Waals surface area contributed by atoms with Gasteiger partial charge in [0.25, 0.3) is 0 Å². The highest BCUT2D eigenvalue weighted by atomic mass is 16.5. The van der Waals surface area contributed by atoms with E-state index in [4.69, 9.17) is 19.3 Å². The van der Waals surface area contributed by atoms with Gasteiger partial charge in [0.15, 0.2) is 11.9 Å². The Morgan fingerprint density at radius 1 is 0.800 bits per heavy atom. The minimum Gasteiger partial charge on any atom is -0.487 e. The molecule has 0 spiro atoms. The van der Waals surface area contributed by atoms with Crippen LogP contribution >= 0.6 is 0 Å². The number of rotatable bonds is 10. The van der Waals surface area contributed by atoms with E-state index in [1.807, 2.05) is 66.7 Å². The van der Waals surface area contributed by atoms with E-state index in [0.29, 0.717) is 23.3 Å². The number of hydrogen-bond acceptors (Lipinski definition) is 5. The van der Waals surface area contributed by atoms with Crippen LogP contribution in [0, 0.1) is 0 Å². The first-order valence-corrected chi connectivity index (χ1v) is 11.9. The van der Waals surface area contributed by atoms with Crippen molar-refractivity contribution in [1.82, 2.24) is 0 Å². The minimum atomic E-state index is -0.979. The number of methoxy groups -OCH3 is 1. The molecular formula is C29H30O6. The van der Waals surface area contributed by atoms with Gasteiger partial charge in [-0.2, -0.15) is 0 Å². The van der Waals surface area contributed by atoms with Crippen LogP contribution in [0.25, 0.3) is 0 Å². The first kappa shape index (κ1) is 24.5. The summed E-state index contributed by atoms with van der Waals surface area (Å²) in [4.78, 5) is 23.8. The molecular weight excluding hydrogens is 444 g/mol. The van der Waals surface area contributed by atoms with E-state index >= 15 is 0 Å². The highest BCUT2D eigenvalue weighted by Crippen LogP contribution is 2.28. The third-order valence-corrected chi connectivity index (χ3v) is 6.27. The Balaban J connectivity index is 1.37. The summed E-state index contributed by atoms with van der Waals surface area (Å²) in [6, 6.07) is 23.9. The van der Waals surface area contributed by atoms with E-state index in [0.717, 1.165) is 37.0 Å². The summed E-state index contributed by atoms with van der Waals surface area (Å²) < 4.78 is 17.6. The number of benzene rings is 3. The average molecular weight is 475 g/mol. The van der Waals surface area contributed by atoms with Crippen molar-refractivity contribution in [1.29, 1.82) is 0 Å². The van der Waals surface area contributed by atoms with Crippen molar-refractivity contribution in [3.63, 3.8) is 0 Å². The van der Waals surface area contributed by atoms with E-state index < -0.39 is 12.1 Å². The molecule has 2 unspecified atom stereocenters. The van der Waals surface area contributed by atoms with Gasteiger partial charge in [0.05, 0.1) is 0 Å². The first-order chi connectivity index (χ1) is 17.0. The van der Waals surface area contributed by atoms with Gasteiger partial charge in [-0.1, -0.05) is 42.5 Å². The van der Waals surface area contributed by atoms with Crippen LogP contribution in [0.4, 0.5) is 0 Å². The van der Waals surface area contributed by atoms with Crippen molar-refractivity contribution in [3.8, 4) is 11.5 Å². The number of ketones is 1. The second-order valence-corrected chi connectivity index (χ2v) is 8.73. The Labute approximate surface area is 205 Å². The fraction of sp³-hybridized carbons (Fsp3) is 0.310. The van der Waals surface area contributed by atoms with Crippen molar-refractivity contribution in [3.05, 3.63) is 95.6 Å². The van der Waals surface area contributed by atoms with Gasteiger partial charge in [-0.15, -0.1) is 0 Å². The van der Waals surface area contributed by atoms with Gasteiger partial charge in [0.1, 0.15) is 23.7 Å². The zero-order valence-corrected chi connectivity index (χ0v) is 19.8. The predicted molar refractivity (Wildman–Crippen MR) is 132 cm³/mol. The van der Waals surface area contributed by atoms with Crippen LogP contribution in [0.3, 0.4) is 0 Å². The van der Waals surface area contributed by atoms with E-state index in [9.17, 15) is 9.59 Å². The van der Waals surface area contributed by atoms with Gasteiger partial charge in [-0.25, -0.2) is 4.79 Å². The summed E-state index contributed by atoms with van der Waals surface area (Å²) in [5.41, 5.74) is 2.15. The maximum absolute atomic E-state index is 12.6. The summed E-state index contributed by atoms with van der Waals surface area (Å²) in [6.45, 7) is 0. The molecule has 0 aromatic heterocycles. The lowest BCUT2D eigenvalue weighted by molar-refractivity contribution is -0.148. The molecule has 6 nitrogen and oxygen atoms in total. The lowest BCUT2D eigenvalue weighted by Crippen LogP contribution is -2.39. The van der Waals surface area contributed by atoms with Crippen molar-refractivity contribution in [2.75, 3.05) is 7.11 Å². The maximum Gasteiger partial charge on any atom is 0.333 e. The van der Waals surface area contributed by atoms with E-state index in [-0.39, 0.29) is 18.0 Å². The van der Waals surface area contributed by atoms with Gasteiger partial charge >= 0.3 is 5.97 Å². The van der Waals surface area contributed by atoms with Crippen molar-refractivity contribution >= 4 is 11.8 Å². The molecule has 0 bridgehead atoms. The Kier molecular flexibility index (Phi) is 8.16. The molecule has 4 rings (SSSR count). The number of ether oxygens (including phenoxy) is 3. The zero-order chi connectivity index (χ0) is 24.6. The maximum atomic E-state index is 12.6. The largest absolute Gasteiger partial charge is 0.487 e. The van der Waals surface area contributed by atoms with Crippen molar-refractivity contribution in [2.24, 2.45) is 0 Å². The average Bonchev–Trinajstić information content (AvgIpc) is 2.89. The van der Waals surface area contributed by atoms with Crippen LogP contribution in [0.5, 0.6) is 11.5 Å². The minimum absolute atomic E-state index is 0.0142. The molecule has 1 saturated carbocycles. The topological polar surface area (TPSA) is 82.1 Å². The van der Waals surface area contributed by atoms with Gasteiger partial charge in [0.2, 0.25) is 0 Å². The molecule has 3 aromatic rings. The SMILES string of the molecule is CO[C@@H](Cc1ccc(OC2CCCCC2Oc2ccc(C(=O)c3ccccc3)cc2)cc1)C(=O)O. The predicted octanol–water partition coefficient (Wildman–Crippen LogP) is 5.33. The van der Waals surface area contributed by atoms with E-state index in [1.54, 1.807) is 12.1 Å². The van der Waals surface area contributed by atoms with Crippen LogP contribution < -0.4 is 9.47 Å². The highest BCUT2D eigenvalue weighted by molar-refractivity contribution is 6.08. The first-order valence-electron chi connectivity index (χ1n) is 11.9. The molecule has 1 aliphatic rings. The molecule has 0 heterocycles. The summed E-state index contributed by atoms with van der Waals surface area (Å²) >= 11 is 0. The molecule has 3 aromatic carbocycles. The van der Waals surface area contributed by atoms with Gasteiger partial charge in [0, 0.05) is 24.7 Å². The molecule has 182 valence electrons. The number of carbonyl (C=O) groups is 2. The van der Waals surface area contributed by atoms with Crippen LogP contribution in [0.1, 0.15) is 47.2 Å². The third-order valence-electron chi connectivity index (χ3n) is 6.27. The number of carboxylic acids is 1. The quantitative estimate of drug-likeness (QED) is 0.400. The molecule has 0 aliphatic heterocycles. The summed E-state index contributed by atoms with van der Waals surface area (Å²) in [7, 11) is 1.40. The molecule has 0 saturated heterocycles. The number of aliphatic carboxylic acids is 1.